The number of sulfone groups is 1. The number of unbranched alkanes of at least 4 members (excludes halogenated alkanes) is 1. The highest BCUT2D eigenvalue weighted by molar-refractivity contribution is 7.90. The number of carbonyl (C=O) groups excluding carboxylic acids is 1. The number of nitrogens with zero attached hydrogens (tertiary/aromatic N) is 1. The lowest BCUT2D eigenvalue weighted by Gasteiger charge is -2.14. The molecule has 0 spiro atoms. The second kappa shape index (κ2) is 13.6. The van der Waals surface area contributed by atoms with Gasteiger partial charge in [0.2, 0.25) is 5.91 Å². The molecule has 1 amide bonds. The Bertz CT molecular complexity index is 1140. The third-order valence-electron chi connectivity index (χ3n) is 5.24. The molecule has 3 aromatic rings. The van der Waals surface area contributed by atoms with Crippen LogP contribution in [0.3, 0.4) is 0 Å². The molecule has 1 unspecified atom stereocenters. The van der Waals surface area contributed by atoms with E-state index in [4.69, 9.17) is 11.6 Å². The Morgan fingerprint density at radius 1 is 1.03 bits per heavy atom. The van der Waals surface area contributed by atoms with E-state index >= 15 is 0 Å². The van der Waals surface area contributed by atoms with Crippen LogP contribution >= 0.6 is 22.9 Å². The van der Waals surface area contributed by atoms with E-state index in [-0.39, 0.29) is 11.8 Å². The molecule has 0 fully saturated rings. The number of carbonyl (C=O) groups is 1. The Morgan fingerprint density at radius 2 is 1.68 bits per heavy atom. The van der Waals surface area contributed by atoms with E-state index in [9.17, 15) is 13.2 Å². The molecular weight excluding hydrogens is 488 g/mol. The number of aryl methyl sites for hydroxylation is 1. The van der Waals surface area contributed by atoms with E-state index in [1.54, 1.807) is 24.3 Å². The predicted octanol–water partition coefficient (Wildman–Crippen LogP) is 7.41. The average molecular weight is 521 g/mol. The van der Waals surface area contributed by atoms with Crippen molar-refractivity contribution < 1.29 is 13.2 Å². The van der Waals surface area contributed by atoms with Crippen molar-refractivity contribution in [3.05, 3.63) is 64.5 Å². The van der Waals surface area contributed by atoms with Gasteiger partial charge in [-0.05, 0) is 44.0 Å². The van der Waals surface area contributed by atoms with Crippen LogP contribution < -0.4 is 5.32 Å². The summed E-state index contributed by atoms with van der Waals surface area (Å²) >= 11 is 7.36. The van der Waals surface area contributed by atoms with Crippen LogP contribution in [-0.4, -0.2) is 25.6 Å². The van der Waals surface area contributed by atoms with Gasteiger partial charge in [-0.25, -0.2) is 13.4 Å². The maximum Gasteiger partial charge on any atom is 0.229 e. The average Bonchev–Trinajstić information content (AvgIpc) is 3.25. The van der Waals surface area contributed by atoms with E-state index in [1.807, 2.05) is 36.6 Å². The molecule has 34 heavy (non-hydrogen) atoms. The second-order valence-corrected chi connectivity index (χ2v) is 11.6. The predicted molar refractivity (Wildman–Crippen MR) is 143 cm³/mol. The Balaban J connectivity index is 0.000000310. The fraction of sp³-hybridized carbons (Fsp3) is 0.385. The van der Waals surface area contributed by atoms with Gasteiger partial charge in [-0.3, -0.25) is 4.79 Å². The third-order valence-corrected chi connectivity index (χ3v) is 7.38. The summed E-state index contributed by atoms with van der Waals surface area (Å²) in [5.41, 5.74) is 2.93. The minimum Gasteiger partial charge on any atom is -0.302 e. The van der Waals surface area contributed by atoms with Crippen molar-refractivity contribution >= 4 is 43.8 Å². The lowest BCUT2D eigenvalue weighted by atomic mass is 9.96. The fourth-order valence-corrected chi connectivity index (χ4v) is 4.76. The van der Waals surface area contributed by atoms with E-state index in [0.29, 0.717) is 15.0 Å². The van der Waals surface area contributed by atoms with Gasteiger partial charge in [0.05, 0.1) is 10.6 Å². The number of benzene rings is 2. The van der Waals surface area contributed by atoms with Crippen molar-refractivity contribution in [1.29, 1.82) is 0 Å². The minimum atomic E-state index is -3.02. The van der Waals surface area contributed by atoms with Crippen LogP contribution in [0.25, 0.3) is 11.3 Å². The number of thiazole rings is 1. The summed E-state index contributed by atoms with van der Waals surface area (Å²) in [5, 5.41) is 6.31. The highest BCUT2D eigenvalue weighted by Crippen LogP contribution is 2.27. The molecule has 2 aromatic carbocycles. The van der Waals surface area contributed by atoms with Crippen molar-refractivity contribution in [3.63, 3.8) is 0 Å². The van der Waals surface area contributed by atoms with Gasteiger partial charge in [0.1, 0.15) is 0 Å². The topological polar surface area (TPSA) is 76.1 Å². The van der Waals surface area contributed by atoms with Crippen molar-refractivity contribution in [2.45, 2.75) is 57.8 Å². The van der Waals surface area contributed by atoms with Gasteiger partial charge in [-0.15, -0.1) is 11.3 Å². The maximum atomic E-state index is 12.4. The Hall–Kier alpha value is -2.22. The summed E-state index contributed by atoms with van der Waals surface area (Å²) in [6.07, 6.45) is 6.32. The van der Waals surface area contributed by atoms with Gasteiger partial charge in [0, 0.05) is 28.1 Å². The number of anilines is 1. The summed E-state index contributed by atoms with van der Waals surface area (Å²) in [5.74, 6) is 0.181. The number of nitrogens with one attached hydrogen (secondary N) is 1. The zero-order chi connectivity index (χ0) is 25.1. The number of hydrogen-bond donors (Lipinski definition) is 1. The maximum absolute atomic E-state index is 12.4. The van der Waals surface area contributed by atoms with Gasteiger partial charge in [0.15, 0.2) is 15.0 Å². The fourth-order valence-electron chi connectivity index (χ4n) is 3.28. The van der Waals surface area contributed by atoms with Crippen LogP contribution in [0.1, 0.15) is 51.5 Å². The van der Waals surface area contributed by atoms with E-state index in [2.05, 4.69) is 24.1 Å². The monoisotopic (exact) mass is 520 g/mol. The zero-order valence-corrected chi connectivity index (χ0v) is 22.6. The highest BCUT2D eigenvalue weighted by Gasteiger charge is 2.18. The molecule has 0 saturated carbocycles. The third kappa shape index (κ3) is 9.20. The Labute approximate surface area is 212 Å². The molecule has 0 aliphatic carbocycles. The molecule has 5 nitrogen and oxygen atoms in total. The summed E-state index contributed by atoms with van der Waals surface area (Å²) < 4.78 is 21.9. The minimum absolute atomic E-state index is 0.0860. The smallest absolute Gasteiger partial charge is 0.229 e. The number of hydrogen-bond acceptors (Lipinski definition) is 5. The largest absolute Gasteiger partial charge is 0.302 e. The second-order valence-electron chi connectivity index (χ2n) is 8.25. The van der Waals surface area contributed by atoms with Crippen LogP contribution in [-0.2, 0) is 14.6 Å². The van der Waals surface area contributed by atoms with Crippen molar-refractivity contribution in [3.8, 4) is 11.3 Å². The van der Waals surface area contributed by atoms with Gasteiger partial charge >= 0.3 is 0 Å². The Kier molecular flexibility index (Phi) is 11.2. The van der Waals surface area contributed by atoms with Crippen molar-refractivity contribution in [1.82, 2.24) is 4.98 Å². The Morgan fingerprint density at radius 3 is 2.24 bits per heavy atom. The van der Waals surface area contributed by atoms with E-state index in [1.165, 1.54) is 17.6 Å². The van der Waals surface area contributed by atoms with Crippen LogP contribution in [0, 0.1) is 12.8 Å². The van der Waals surface area contributed by atoms with Crippen LogP contribution in [0.15, 0.2) is 58.8 Å². The summed E-state index contributed by atoms with van der Waals surface area (Å²) in [4.78, 5) is 17.3. The zero-order valence-electron chi connectivity index (χ0n) is 20.2. The molecule has 8 heteroatoms. The number of rotatable bonds is 9. The quantitative estimate of drug-likeness (QED) is 0.318. The van der Waals surface area contributed by atoms with E-state index in [0.717, 1.165) is 48.9 Å². The molecule has 3 rings (SSSR count). The molecule has 1 atom stereocenters. The first-order valence-electron chi connectivity index (χ1n) is 11.4. The molecule has 0 aliphatic heterocycles. The normalized spacial score (nSPS) is 11.9. The standard InChI is InChI=1S/C18H23ClN2OS.C8H10O2S/c1-3-5-7-14(6-4-2)17(22)21-18-20-16(12-23-18)13-8-10-15(19)11-9-13;1-7-3-5-8(6-4-7)11(2,9)10/h8-12,14H,3-7H2,1-2H3,(H,20,21,22);3-6H,1-2H3. The van der Waals surface area contributed by atoms with Gasteiger partial charge in [0.25, 0.3) is 0 Å². The molecule has 184 valence electrons. The van der Waals surface area contributed by atoms with Crippen molar-refractivity contribution in [2.24, 2.45) is 5.92 Å². The first-order chi connectivity index (χ1) is 16.1. The molecule has 0 saturated heterocycles. The molecule has 0 radical (unpaired) electrons. The van der Waals surface area contributed by atoms with Gasteiger partial charge in [-0.1, -0.05) is 74.5 Å². The van der Waals surface area contributed by atoms with Crippen molar-refractivity contribution in [2.75, 3.05) is 11.6 Å². The number of halogens is 1. The SMILES string of the molecule is CCCCC(CCC)C(=O)Nc1nc(-c2ccc(Cl)cc2)cs1.Cc1ccc(S(C)(=O)=O)cc1. The number of aromatic nitrogens is 1. The van der Waals surface area contributed by atoms with E-state index < -0.39 is 9.84 Å². The molecule has 0 aliphatic rings. The number of amides is 1. The van der Waals surface area contributed by atoms with Gasteiger partial charge < -0.3 is 5.32 Å². The first-order valence-corrected chi connectivity index (χ1v) is 14.6. The molecular formula is C26H33ClN2O3S2. The highest BCUT2D eigenvalue weighted by atomic mass is 35.5. The molecule has 1 heterocycles. The lowest BCUT2D eigenvalue weighted by Crippen LogP contribution is -2.22. The van der Waals surface area contributed by atoms with Crippen LogP contribution in [0.5, 0.6) is 0 Å². The molecule has 1 aromatic heterocycles. The summed E-state index contributed by atoms with van der Waals surface area (Å²) in [6, 6.07) is 14.4. The summed E-state index contributed by atoms with van der Waals surface area (Å²) in [6.45, 7) is 6.19. The van der Waals surface area contributed by atoms with Gasteiger partial charge in [-0.2, -0.15) is 0 Å². The van der Waals surface area contributed by atoms with Crippen LogP contribution in [0.2, 0.25) is 5.02 Å². The molecule has 1 N–H and O–H groups in total. The molecule has 0 bridgehead atoms. The first kappa shape index (κ1) is 28.0. The summed E-state index contributed by atoms with van der Waals surface area (Å²) in [7, 11) is -3.02. The lowest BCUT2D eigenvalue weighted by molar-refractivity contribution is -0.120. The van der Waals surface area contributed by atoms with Crippen LogP contribution in [0.4, 0.5) is 5.13 Å².